The zero-order valence-corrected chi connectivity index (χ0v) is 12.0. The van der Waals surface area contributed by atoms with Crippen LogP contribution in [-0.4, -0.2) is 23.2 Å². The van der Waals surface area contributed by atoms with Crippen molar-refractivity contribution in [1.82, 2.24) is 5.32 Å². The lowest BCUT2D eigenvalue weighted by Gasteiger charge is -2.24. The number of halogens is 2. The van der Waals surface area contributed by atoms with Crippen molar-refractivity contribution in [3.63, 3.8) is 0 Å². The van der Waals surface area contributed by atoms with Crippen LogP contribution < -0.4 is 5.32 Å². The molecule has 0 radical (unpaired) electrons. The summed E-state index contributed by atoms with van der Waals surface area (Å²) in [5.41, 5.74) is -0.984. The highest BCUT2D eigenvalue weighted by atomic mass is 19.2. The van der Waals surface area contributed by atoms with Gasteiger partial charge in [-0.1, -0.05) is 13.8 Å². The van der Waals surface area contributed by atoms with E-state index in [1.807, 2.05) is 0 Å². The molecule has 0 aliphatic heterocycles. The Bertz CT molecular complexity index is 473. The first-order chi connectivity index (χ1) is 9.21. The first-order valence-electron chi connectivity index (χ1n) is 6.67. The number of carbonyl (C=O) groups is 1. The second-order valence-corrected chi connectivity index (χ2v) is 5.74. The highest BCUT2D eigenvalue weighted by molar-refractivity contribution is 5.94. The highest BCUT2D eigenvalue weighted by Crippen LogP contribution is 2.16. The fourth-order valence-electron chi connectivity index (χ4n) is 1.70. The molecule has 0 aliphatic carbocycles. The summed E-state index contributed by atoms with van der Waals surface area (Å²) in [7, 11) is 0. The van der Waals surface area contributed by atoms with E-state index < -0.39 is 23.1 Å². The molecule has 0 heterocycles. The summed E-state index contributed by atoms with van der Waals surface area (Å²) in [6.45, 7) is 5.81. The summed E-state index contributed by atoms with van der Waals surface area (Å²) in [6.07, 6.45) is 1.40. The quantitative estimate of drug-likeness (QED) is 0.844. The van der Waals surface area contributed by atoms with E-state index in [0.717, 1.165) is 18.6 Å². The maximum atomic E-state index is 13.0. The van der Waals surface area contributed by atoms with Crippen LogP contribution in [0.5, 0.6) is 0 Å². The van der Waals surface area contributed by atoms with Gasteiger partial charge in [0.2, 0.25) is 0 Å². The zero-order chi connectivity index (χ0) is 15.3. The summed E-state index contributed by atoms with van der Waals surface area (Å²) in [4.78, 5) is 11.8. The third-order valence-corrected chi connectivity index (χ3v) is 3.07. The molecule has 1 aromatic rings. The molecule has 1 rings (SSSR count). The lowest BCUT2D eigenvalue weighted by molar-refractivity contribution is 0.0429. The van der Waals surface area contributed by atoms with Crippen molar-refractivity contribution in [3.05, 3.63) is 35.4 Å². The Balaban J connectivity index is 2.56. The smallest absolute Gasteiger partial charge is 0.251 e. The normalized spacial score (nSPS) is 14.2. The van der Waals surface area contributed by atoms with Crippen molar-refractivity contribution in [2.45, 2.75) is 39.2 Å². The first-order valence-corrected chi connectivity index (χ1v) is 6.67. The van der Waals surface area contributed by atoms with Gasteiger partial charge >= 0.3 is 0 Å². The predicted octanol–water partition coefficient (Wildman–Crippen LogP) is 2.88. The van der Waals surface area contributed by atoms with Crippen LogP contribution >= 0.6 is 0 Å². The fraction of sp³-hybridized carbons (Fsp3) is 0.533. The van der Waals surface area contributed by atoms with E-state index in [1.165, 1.54) is 6.07 Å². The van der Waals surface area contributed by atoms with Crippen molar-refractivity contribution in [2.24, 2.45) is 5.92 Å². The van der Waals surface area contributed by atoms with Crippen LogP contribution in [0, 0.1) is 17.6 Å². The number of rotatable bonds is 6. The number of nitrogens with one attached hydrogen (secondary N) is 1. The van der Waals surface area contributed by atoms with Gasteiger partial charge in [-0.2, -0.15) is 0 Å². The van der Waals surface area contributed by atoms with Crippen molar-refractivity contribution in [2.75, 3.05) is 6.54 Å². The minimum atomic E-state index is -1.07. The van der Waals surface area contributed by atoms with Crippen LogP contribution in [0.4, 0.5) is 8.78 Å². The van der Waals surface area contributed by atoms with Crippen LogP contribution in [-0.2, 0) is 0 Å². The highest BCUT2D eigenvalue weighted by Gasteiger charge is 2.22. The zero-order valence-electron chi connectivity index (χ0n) is 12.0. The van der Waals surface area contributed by atoms with E-state index in [1.54, 1.807) is 6.92 Å². The molecule has 0 aliphatic rings. The van der Waals surface area contributed by atoms with Gasteiger partial charge in [-0.3, -0.25) is 4.79 Å². The lowest BCUT2D eigenvalue weighted by atomic mass is 9.95. The van der Waals surface area contributed by atoms with Crippen LogP contribution in [0.1, 0.15) is 44.0 Å². The Kier molecular flexibility index (Phi) is 5.62. The fourth-order valence-corrected chi connectivity index (χ4v) is 1.70. The molecule has 1 amide bonds. The molecule has 5 heteroatoms. The van der Waals surface area contributed by atoms with Gasteiger partial charge in [0.15, 0.2) is 11.6 Å². The molecule has 1 unspecified atom stereocenters. The van der Waals surface area contributed by atoms with Gasteiger partial charge in [0.05, 0.1) is 5.60 Å². The van der Waals surface area contributed by atoms with Crippen LogP contribution in [0.25, 0.3) is 0 Å². The molecule has 3 nitrogen and oxygen atoms in total. The number of hydrogen-bond donors (Lipinski definition) is 2. The van der Waals surface area contributed by atoms with Crippen molar-refractivity contribution in [3.8, 4) is 0 Å². The SMILES string of the molecule is CC(C)CCC(C)(O)CNC(=O)c1ccc(F)c(F)c1. The van der Waals surface area contributed by atoms with Gasteiger partial charge < -0.3 is 10.4 Å². The average molecular weight is 285 g/mol. The van der Waals surface area contributed by atoms with E-state index >= 15 is 0 Å². The van der Waals surface area contributed by atoms with E-state index in [0.29, 0.717) is 12.3 Å². The van der Waals surface area contributed by atoms with Gasteiger partial charge in [0.1, 0.15) is 0 Å². The van der Waals surface area contributed by atoms with Crippen molar-refractivity contribution < 1.29 is 18.7 Å². The molecule has 20 heavy (non-hydrogen) atoms. The van der Waals surface area contributed by atoms with Gasteiger partial charge in [-0.25, -0.2) is 8.78 Å². The molecule has 2 N–H and O–H groups in total. The summed E-state index contributed by atoms with van der Waals surface area (Å²) < 4.78 is 25.8. The number of benzene rings is 1. The maximum Gasteiger partial charge on any atom is 0.251 e. The average Bonchev–Trinajstić information content (AvgIpc) is 2.37. The third kappa shape index (κ3) is 5.25. The van der Waals surface area contributed by atoms with E-state index in [2.05, 4.69) is 19.2 Å². The monoisotopic (exact) mass is 285 g/mol. The van der Waals surface area contributed by atoms with Crippen LogP contribution in [0.2, 0.25) is 0 Å². The summed E-state index contributed by atoms with van der Waals surface area (Å²) in [6, 6.07) is 2.95. The number of carbonyl (C=O) groups excluding carboxylic acids is 1. The van der Waals surface area contributed by atoms with Gasteiger partial charge in [0.25, 0.3) is 5.91 Å². The molecule has 0 fully saturated rings. The van der Waals surface area contributed by atoms with Crippen molar-refractivity contribution >= 4 is 5.91 Å². The van der Waals surface area contributed by atoms with Gasteiger partial charge in [-0.05, 0) is 43.9 Å². The molecule has 0 saturated carbocycles. The summed E-state index contributed by atoms with van der Waals surface area (Å²) >= 11 is 0. The van der Waals surface area contributed by atoms with E-state index in [-0.39, 0.29) is 12.1 Å². The predicted molar refractivity (Wildman–Crippen MR) is 73.4 cm³/mol. The second-order valence-electron chi connectivity index (χ2n) is 5.74. The van der Waals surface area contributed by atoms with Crippen LogP contribution in [0.15, 0.2) is 18.2 Å². The topological polar surface area (TPSA) is 49.3 Å². The number of hydrogen-bond acceptors (Lipinski definition) is 2. The summed E-state index contributed by atoms with van der Waals surface area (Å²) in [5, 5.41) is 12.6. The number of amides is 1. The molecule has 0 saturated heterocycles. The molecule has 0 spiro atoms. The molecular formula is C15H21F2NO2. The van der Waals surface area contributed by atoms with Crippen LogP contribution in [0.3, 0.4) is 0 Å². The molecule has 1 aromatic carbocycles. The molecule has 112 valence electrons. The molecular weight excluding hydrogens is 264 g/mol. The van der Waals surface area contributed by atoms with E-state index in [9.17, 15) is 18.7 Å². The minimum absolute atomic E-state index is 0.0311. The minimum Gasteiger partial charge on any atom is -0.388 e. The Morgan fingerprint density at radius 2 is 2.00 bits per heavy atom. The van der Waals surface area contributed by atoms with Gasteiger partial charge in [0, 0.05) is 12.1 Å². The molecule has 1 atom stereocenters. The largest absolute Gasteiger partial charge is 0.388 e. The van der Waals surface area contributed by atoms with Crippen molar-refractivity contribution in [1.29, 1.82) is 0 Å². The van der Waals surface area contributed by atoms with Gasteiger partial charge in [-0.15, -0.1) is 0 Å². The van der Waals surface area contributed by atoms with E-state index in [4.69, 9.17) is 0 Å². The molecule has 0 aromatic heterocycles. The number of aliphatic hydroxyl groups is 1. The Labute approximate surface area is 118 Å². The Morgan fingerprint density at radius 3 is 2.55 bits per heavy atom. The maximum absolute atomic E-state index is 13.0. The Hall–Kier alpha value is -1.49. The standard InChI is InChI=1S/C15H21F2NO2/c1-10(2)6-7-15(3,20)9-18-14(19)11-4-5-12(16)13(17)8-11/h4-5,8,10,20H,6-7,9H2,1-3H3,(H,18,19). The third-order valence-electron chi connectivity index (χ3n) is 3.07. The Morgan fingerprint density at radius 1 is 1.35 bits per heavy atom. The molecule has 0 bridgehead atoms. The summed E-state index contributed by atoms with van der Waals surface area (Å²) in [5.74, 6) is -2.13. The lowest BCUT2D eigenvalue weighted by Crippen LogP contribution is -2.40. The second kappa shape index (κ2) is 6.79. The first kappa shape index (κ1) is 16.6.